The van der Waals surface area contributed by atoms with Crippen LogP contribution in [0, 0.1) is 17.1 Å². The number of rotatable bonds is 5. The summed E-state index contributed by atoms with van der Waals surface area (Å²) < 4.78 is 40.6. The molecule has 1 aromatic carbocycles. The highest BCUT2D eigenvalue weighted by Crippen LogP contribution is 2.28. The average molecular weight is 337 g/mol. The molecule has 0 amide bonds. The summed E-state index contributed by atoms with van der Waals surface area (Å²) in [6, 6.07) is 6.43. The van der Waals surface area contributed by atoms with Crippen molar-refractivity contribution in [3.05, 3.63) is 35.1 Å². The molecule has 1 N–H and O–H groups in total. The third-order valence-electron chi connectivity index (χ3n) is 4.46. The van der Waals surface area contributed by atoms with Crippen LogP contribution < -0.4 is 4.72 Å². The van der Waals surface area contributed by atoms with Crippen molar-refractivity contribution in [1.29, 1.82) is 5.26 Å². The molecule has 3 rings (SSSR count). The summed E-state index contributed by atoms with van der Waals surface area (Å²) in [6.45, 7) is 1.95. The average Bonchev–Trinajstić information content (AvgIpc) is 3.36. The van der Waals surface area contributed by atoms with Crippen molar-refractivity contribution in [3.63, 3.8) is 0 Å². The molecular weight excluding hydrogens is 317 g/mol. The summed E-state index contributed by atoms with van der Waals surface area (Å²) in [5, 5.41) is 8.57. The van der Waals surface area contributed by atoms with E-state index in [1.165, 1.54) is 6.07 Å². The van der Waals surface area contributed by atoms with E-state index in [0.29, 0.717) is 17.7 Å². The fourth-order valence-electron chi connectivity index (χ4n) is 2.90. The Morgan fingerprint density at radius 1 is 1.26 bits per heavy atom. The quantitative estimate of drug-likeness (QED) is 0.888. The van der Waals surface area contributed by atoms with Crippen molar-refractivity contribution < 1.29 is 12.8 Å². The molecule has 0 atom stereocenters. The molecule has 1 aromatic rings. The van der Waals surface area contributed by atoms with Gasteiger partial charge in [-0.15, -0.1) is 0 Å². The van der Waals surface area contributed by atoms with Gasteiger partial charge in [0.25, 0.3) is 0 Å². The van der Waals surface area contributed by atoms with Crippen molar-refractivity contribution in [3.8, 4) is 6.07 Å². The number of likely N-dealkylation sites (tertiary alicyclic amines) is 1. The smallest absolute Gasteiger partial charge is 0.214 e. The summed E-state index contributed by atoms with van der Waals surface area (Å²) >= 11 is 0. The van der Waals surface area contributed by atoms with Gasteiger partial charge >= 0.3 is 0 Å². The lowest BCUT2D eigenvalue weighted by atomic mass is 10.0. The molecule has 7 heteroatoms. The Labute approximate surface area is 136 Å². The molecule has 1 aliphatic carbocycles. The standard InChI is InChI=1S/C16H20FN3O2S/c17-16-9-12(10-18)1-2-13(16)11-20-7-5-14(6-8-20)19-23(21,22)15-3-4-15/h1-2,9,14-15,19H,3-8,11H2. The van der Waals surface area contributed by atoms with Crippen LogP contribution in [0.25, 0.3) is 0 Å². The van der Waals surface area contributed by atoms with Gasteiger partial charge in [-0.3, -0.25) is 4.90 Å². The van der Waals surface area contributed by atoms with Gasteiger partial charge in [-0.05, 0) is 37.8 Å². The second kappa shape index (κ2) is 6.56. The summed E-state index contributed by atoms with van der Waals surface area (Å²) in [5.41, 5.74) is 0.889. The zero-order chi connectivity index (χ0) is 16.4. The van der Waals surface area contributed by atoms with Crippen LogP contribution >= 0.6 is 0 Å². The summed E-state index contributed by atoms with van der Waals surface area (Å²) in [4.78, 5) is 2.12. The van der Waals surface area contributed by atoms with Gasteiger partial charge in [0, 0.05) is 31.2 Å². The van der Waals surface area contributed by atoms with Crippen LogP contribution in [0.3, 0.4) is 0 Å². The van der Waals surface area contributed by atoms with Crippen LogP contribution in [0.4, 0.5) is 4.39 Å². The molecule has 1 saturated carbocycles. The maximum atomic E-state index is 13.9. The fourth-order valence-corrected chi connectivity index (χ4v) is 4.55. The molecule has 0 bridgehead atoms. The molecule has 5 nitrogen and oxygen atoms in total. The number of nitrogens with zero attached hydrogens (tertiary/aromatic N) is 2. The maximum Gasteiger partial charge on any atom is 0.214 e. The number of hydrogen-bond donors (Lipinski definition) is 1. The van der Waals surface area contributed by atoms with Gasteiger partial charge in [0.05, 0.1) is 16.9 Å². The van der Waals surface area contributed by atoms with Crippen molar-refractivity contribution >= 4 is 10.0 Å². The van der Waals surface area contributed by atoms with E-state index in [2.05, 4.69) is 9.62 Å². The molecular formula is C16H20FN3O2S. The third kappa shape index (κ3) is 4.08. The first-order valence-corrected chi connectivity index (χ1v) is 9.44. The van der Waals surface area contributed by atoms with Gasteiger partial charge in [0.2, 0.25) is 10.0 Å². The van der Waals surface area contributed by atoms with Gasteiger partial charge in [-0.25, -0.2) is 17.5 Å². The van der Waals surface area contributed by atoms with Crippen molar-refractivity contribution in [1.82, 2.24) is 9.62 Å². The van der Waals surface area contributed by atoms with E-state index in [4.69, 9.17) is 5.26 Å². The Morgan fingerprint density at radius 2 is 1.96 bits per heavy atom. The molecule has 0 radical (unpaired) electrons. The zero-order valence-electron chi connectivity index (χ0n) is 12.8. The Bertz CT molecular complexity index is 717. The molecule has 1 heterocycles. The van der Waals surface area contributed by atoms with E-state index in [0.717, 1.165) is 38.8 Å². The van der Waals surface area contributed by atoms with Gasteiger partial charge in [0.1, 0.15) is 5.82 Å². The fraction of sp³-hybridized carbons (Fsp3) is 0.562. The zero-order valence-corrected chi connectivity index (χ0v) is 13.7. The number of nitriles is 1. The minimum Gasteiger partial charge on any atom is -0.299 e. The van der Waals surface area contributed by atoms with Gasteiger partial charge in [-0.2, -0.15) is 5.26 Å². The minimum absolute atomic E-state index is 0.0114. The summed E-state index contributed by atoms with van der Waals surface area (Å²) in [7, 11) is -3.14. The predicted octanol–water partition coefficient (Wildman–Crippen LogP) is 1.74. The van der Waals surface area contributed by atoms with Crippen LogP contribution in [0.2, 0.25) is 0 Å². The Morgan fingerprint density at radius 3 is 2.52 bits per heavy atom. The van der Waals surface area contributed by atoms with Crippen LogP contribution in [-0.4, -0.2) is 37.7 Å². The van der Waals surface area contributed by atoms with Crippen molar-refractivity contribution in [2.45, 2.75) is 43.5 Å². The van der Waals surface area contributed by atoms with Crippen LogP contribution in [0.5, 0.6) is 0 Å². The van der Waals surface area contributed by atoms with E-state index in [9.17, 15) is 12.8 Å². The van der Waals surface area contributed by atoms with E-state index in [-0.39, 0.29) is 17.1 Å². The first-order chi connectivity index (χ1) is 11.0. The predicted molar refractivity (Wildman–Crippen MR) is 84.5 cm³/mol. The molecule has 2 fully saturated rings. The topological polar surface area (TPSA) is 73.2 Å². The van der Waals surface area contributed by atoms with E-state index >= 15 is 0 Å². The Kier molecular flexibility index (Phi) is 4.67. The van der Waals surface area contributed by atoms with E-state index in [1.807, 2.05) is 6.07 Å². The second-order valence-electron chi connectivity index (χ2n) is 6.33. The monoisotopic (exact) mass is 337 g/mol. The number of nitrogens with one attached hydrogen (secondary N) is 1. The first-order valence-electron chi connectivity index (χ1n) is 7.90. The highest BCUT2D eigenvalue weighted by Gasteiger charge is 2.37. The van der Waals surface area contributed by atoms with Gasteiger partial charge in [0.15, 0.2) is 0 Å². The Balaban J connectivity index is 1.52. The molecule has 0 unspecified atom stereocenters. The van der Waals surface area contributed by atoms with Crippen molar-refractivity contribution in [2.75, 3.05) is 13.1 Å². The molecule has 1 aliphatic heterocycles. The van der Waals surface area contributed by atoms with Gasteiger partial charge in [-0.1, -0.05) is 6.07 Å². The molecule has 1 saturated heterocycles. The number of sulfonamides is 1. The highest BCUT2D eigenvalue weighted by molar-refractivity contribution is 7.90. The van der Waals surface area contributed by atoms with Crippen LogP contribution in [0.1, 0.15) is 36.8 Å². The van der Waals surface area contributed by atoms with Crippen LogP contribution in [0.15, 0.2) is 18.2 Å². The molecule has 2 aliphatic rings. The van der Waals surface area contributed by atoms with Crippen molar-refractivity contribution in [2.24, 2.45) is 0 Å². The minimum atomic E-state index is -3.14. The first kappa shape index (κ1) is 16.4. The maximum absolute atomic E-state index is 13.9. The SMILES string of the molecule is N#Cc1ccc(CN2CCC(NS(=O)(=O)C3CC3)CC2)c(F)c1. The number of benzene rings is 1. The van der Waals surface area contributed by atoms with Crippen LogP contribution in [-0.2, 0) is 16.6 Å². The summed E-state index contributed by atoms with van der Waals surface area (Å²) in [5.74, 6) is -0.361. The second-order valence-corrected chi connectivity index (χ2v) is 8.32. The normalized spacial score (nSPS) is 20.3. The lowest BCUT2D eigenvalue weighted by Crippen LogP contribution is -2.45. The number of hydrogen-bond acceptors (Lipinski definition) is 4. The largest absolute Gasteiger partial charge is 0.299 e. The molecule has 0 spiro atoms. The third-order valence-corrected chi connectivity index (χ3v) is 6.47. The highest BCUT2D eigenvalue weighted by atomic mass is 32.2. The molecule has 0 aromatic heterocycles. The summed E-state index contributed by atoms with van der Waals surface area (Å²) in [6.07, 6.45) is 3.02. The molecule has 23 heavy (non-hydrogen) atoms. The van der Waals surface area contributed by atoms with E-state index in [1.54, 1.807) is 12.1 Å². The van der Waals surface area contributed by atoms with E-state index < -0.39 is 10.0 Å². The van der Waals surface area contributed by atoms with Gasteiger partial charge < -0.3 is 0 Å². The number of halogens is 1. The number of piperidine rings is 1. The lowest BCUT2D eigenvalue weighted by Gasteiger charge is -2.32. The molecule has 124 valence electrons. The lowest BCUT2D eigenvalue weighted by molar-refractivity contribution is 0.198. The Hall–Kier alpha value is -1.49.